The molecule has 1 aromatic heterocycles. The number of aromatic nitrogens is 1. The number of pyridine rings is 1. The summed E-state index contributed by atoms with van der Waals surface area (Å²) < 4.78 is 0. The number of anilines is 2. The summed E-state index contributed by atoms with van der Waals surface area (Å²) in [5.41, 5.74) is 5.59. The SMILES string of the molecule is CC(=O)N(CCN(C)C)c1cccc(N)n1. The largest absolute Gasteiger partial charge is 0.384 e. The van der Waals surface area contributed by atoms with E-state index in [1.807, 2.05) is 19.0 Å². The first-order valence-corrected chi connectivity index (χ1v) is 5.16. The molecule has 0 aliphatic rings. The number of amides is 1. The Morgan fingerprint density at radius 2 is 2.06 bits per heavy atom. The predicted molar refractivity (Wildman–Crippen MR) is 65.2 cm³/mol. The number of hydrogen-bond donors (Lipinski definition) is 1. The molecule has 5 nitrogen and oxygen atoms in total. The first-order valence-electron chi connectivity index (χ1n) is 5.16. The normalized spacial score (nSPS) is 10.5. The van der Waals surface area contributed by atoms with Crippen molar-refractivity contribution in [1.29, 1.82) is 0 Å². The molecule has 0 fully saturated rings. The van der Waals surface area contributed by atoms with Crippen LogP contribution in [-0.2, 0) is 4.79 Å². The highest BCUT2D eigenvalue weighted by atomic mass is 16.2. The number of nitrogens with zero attached hydrogens (tertiary/aromatic N) is 3. The molecule has 0 atom stereocenters. The zero-order chi connectivity index (χ0) is 12.1. The van der Waals surface area contributed by atoms with Gasteiger partial charge >= 0.3 is 0 Å². The summed E-state index contributed by atoms with van der Waals surface area (Å²) in [5.74, 6) is 1.00. The predicted octanol–water partition coefficient (Wildman–Crippen LogP) is 0.578. The Hall–Kier alpha value is -1.62. The molecule has 0 saturated carbocycles. The lowest BCUT2D eigenvalue weighted by atomic mass is 10.3. The second-order valence-electron chi connectivity index (χ2n) is 3.89. The number of rotatable bonds is 4. The fraction of sp³-hybridized carbons (Fsp3) is 0.455. The monoisotopic (exact) mass is 222 g/mol. The van der Waals surface area contributed by atoms with E-state index < -0.39 is 0 Å². The van der Waals surface area contributed by atoms with Gasteiger partial charge in [-0.05, 0) is 26.2 Å². The Morgan fingerprint density at radius 1 is 1.38 bits per heavy atom. The number of carbonyl (C=O) groups excluding carboxylic acids is 1. The molecule has 0 spiro atoms. The quantitative estimate of drug-likeness (QED) is 0.809. The van der Waals surface area contributed by atoms with Crippen molar-refractivity contribution in [2.24, 2.45) is 0 Å². The van der Waals surface area contributed by atoms with Gasteiger partial charge in [-0.15, -0.1) is 0 Å². The van der Waals surface area contributed by atoms with E-state index in [-0.39, 0.29) is 5.91 Å². The Labute approximate surface area is 95.9 Å². The van der Waals surface area contributed by atoms with Gasteiger partial charge in [-0.2, -0.15) is 0 Å². The van der Waals surface area contributed by atoms with Gasteiger partial charge in [0.15, 0.2) is 0 Å². The van der Waals surface area contributed by atoms with E-state index in [0.29, 0.717) is 18.2 Å². The van der Waals surface area contributed by atoms with Crippen molar-refractivity contribution in [2.75, 3.05) is 37.8 Å². The third-order valence-electron chi connectivity index (χ3n) is 2.18. The molecule has 16 heavy (non-hydrogen) atoms. The molecule has 0 aliphatic carbocycles. The van der Waals surface area contributed by atoms with E-state index in [1.165, 1.54) is 6.92 Å². The highest BCUT2D eigenvalue weighted by Crippen LogP contribution is 2.12. The van der Waals surface area contributed by atoms with Gasteiger partial charge in [0.05, 0.1) is 0 Å². The van der Waals surface area contributed by atoms with Gasteiger partial charge in [0.1, 0.15) is 11.6 Å². The van der Waals surface area contributed by atoms with Gasteiger partial charge in [0, 0.05) is 20.0 Å². The molecule has 0 aromatic carbocycles. The molecule has 88 valence electrons. The lowest BCUT2D eigenvalue weighted by Gasteiger charge is -2.22. The van der Waals surface area contributed by atoms with E-state index in [4.69, 9.17) is 5.73 Å². The van der Waals surface area contributed by atoms with E-state index in [1.54, 1.807) is 23.1 Å². The lowest BCUT2D eigenvalue weighted by molar-refractivity contribution is -0.116. The van der Waals surface area contributed by atoms with Crippen molar-refractivity contribution in [3.8, 4) is 0 Å². The van der Waals surface area contributed by atoms with Crippen molar-refractivity contribution in [3.63, 3.8) is 0 Å². The van der Waals surface area contributed by atoms with E-state index in [2.05, 4.69) is 4.98 Å². The van der Waals surface area contributed by atoms with Gasteiger partial charge in [0.2, 0.25) is 5.91 Å². The first-order chi connectivity index (χ1) is 7.50. The van der Waals surface area contributed by atoms with Crippen LogP contribution in [0, 0.1) is 0 Å². The minimum Gasteiger partial charge on any atom is -0.384 e. The molecule has 1 heterocycles. The van der Waals surface area contributed by atoms with Crippen LogP contribution in [-0.4, -0.2) is 43.0 Å². The molecule has 1 rings (SSSR count). The summed E-state index contributed by atoms with van der Waals surface area (Å²) in [6.45, 7) is 2.93. The topological polar surface area (TPSA) is 62.5 Å². The Morgan fingerprint density at radius 3 is 2.56 bits per heavy atom. The highest BCUT2D eigenvalue weighted by Gasteiger charge is 2.12. The van der Waals surface area contributed by atoms with Crippen LogP contribution in [0.1, 0.15) is 6.92 Å². The number of nitrogen functional groups attached to an aromatic ring is 1. The molecular weight excluding hydrogens is 204 g/mol. The fourth-order valence-corrected chi connectivity index (χ4v) is 1.32. The zero-order valence-corrected chi connectivity index (χ0v) is 9.97. The third kappa shape index (κ3) is 3.51. The van der Waals surface area contributed by atoms with Gasteiger partial charge in [-0.3, -0.25) is 9.69 Å². The molecule has 0 bridgehead atoms. The number of likely N-dealkylation sites (N-methyl/N-ethyl adjacent to an activating group) is 1. The summed E-state index contributed by atoms with van der Waals surface area (Å²) in [6.07, 6.45) is 0. The molecule has 0 saturated heterocycles. The van der Waals surface area contributed by atoms with Gasteiger partial charge < -0.3 is 10.6 Å². The van der Waals surface area contributed by atoms with Crippen molar-refractivity contribution in [1.82, 2.24) is 9.88 Å². The fourth-order valence-electron chi connectivity index (χ4n) is 1.32. The van der Waals surface area contributed by atoms with Crippen LogP contribution in [0.4, 0.5) is 11.6 Å². The maximum absolute atomic E-state index is 11.5. The van der Waals surface area contributed by atoms with Gasteiger partial charge in [0.25, 0.3) is 0 Å². The molecule has 0 aliphatic heterocycles. The lowest BCUT2D eigenvalue weighted by Crippen LogP contribution is -2.35. The van der Waals surface area contributed by atoms with Gasteiger partial charge in [-0.25, -0.2) is 4.98 Å². The maximum atomic E-state index is 11.5. The Balaban J connectivity index is 2.81. The molecule has 2 N–H and O–H groups in total. The molecule has 1 aromatic rings. The number of hydrogen-bond acceptors (Lipinski definition) is 4. The van der Waals surface area contributed by atoms with Crippen LogP contribution in [0.2, 0.25) is 0 Å². The first kappa shape index (κ1) is 12.4. The smallest absolute Gasteiger partial charge is 0.225 e. The minimum atomic E-state index is -0.0278. The molecule has 0 radical (unpaired) electrons. The van der Waals surface area contributed by atoms with Crippen molar-refractivity contribution >= 4 is 17.5 Å². The number of carbonyl (C=O) groups is 1. The Kier molecular flexibility index (Phi) is 4.25. The summed E-state index contributed by atoms with van der Waals surface area (Å²) in [6, 6.07) is 5.28. The van der Waals surface area contributed by atoms with Crippen LogP contribution in [0.25, 0.3) is 0 Å². The summed E-state index contributed by atoms with van der Waals surface area (Å²) >= 11 is 0. The zero-order valence-electron chi connectivity index (χ0n) is 9.97. The molecule has 5 heteroatoms. The maximum Gasteiger partial charge on any atom is 0.225 e. The van der Waals surface area contributed by atoms with Crippen LogP contribution >= 0.6 is 0 Å². The summed E-state index contributed by atoms with van der Waals surface area (Å²) in [7, 11) is 3.93. The average Bonchev–Trinajstić information content (AvgIpc) is 2.17. The molecule has 1 amide bonds. The standard InChI is InChI=1S/C11H18N4O/c1-9(16)15(8-7-14(2)3)11-6-4-5-10(12)13-11/h4-6H,7-8H2,1-3H3,(H2,12,13). The van der Waals surface area contributed by atoms with Crippen LogP contribution in [0.15, 0.2) is 18.2 Å². The summed E-state index contributed by atoms with van der Waals surface area (Å²) in [4.78, 5) is 19.3. The average molecular weight is 222 g/mol. The van der Waals surface area contributed by atoms with E-state index in [9.17, 15) is 4.79 Å². The number of nitrogens with two attached hydrogens (primary N) is 1. The van der Waals surface area contributed by atoms with Crippen molar-refractivity contribution < 1.29 is 4.79 Å². The van der Waals surface area contributed by atoms with Crippen molar-refractivity contribution in [2.45, 2.75) is 6.92 Å². The third-order valence-corrected chi connectivity index (χ3v) is 2.18. The van der Waals surface area contributed by atoms with Crippen LogP contribution < -0.4 is 10.6 Å². The second-order valence-corrected chi connectivity index (χ2v) is 3.89. The van der Waals surface area contributed by atoms with Crippen LogP contribution in [0.3, 0.4) is 0 Å². The highest BCUT2D eigenvalue weighted by molar-refractivity contribution is 5.90. The van der Waals surface area contributed by atoms with Gasteiger partial charge in [-0.1, -0.05) is 6.07 Å². The minimum absolute atomic E-state index is 0.0278. The second kappa shape index (κ2) is 5.46. The van der Waals surface area contributed by atoms with E-state index in [0.717, 1.165) is 6.54 Å². The van der Waals surface area contributed by atoms with Crippen molar-refractivity contribution in [3.05, 3.63) is 18.2 Å². The van der Waals surface area contributed by atoms with Crippen LogP contribution in [0.5, 0.6) is 0 Å². The molecular formula is C11H18N4O. The summed E-state index contributed by atoms with van der Waals surface area (Å²) in [5, 5.41) is 0. The van der Waals surface area contributed by atoms with E-state index >= 15 is 0 Å². The Bertz CT molecular complexity index is 365. The molecule has 0 unspecified atom stereocenters.